The monoisotopic (exact) mass is 179 g/mol. The van der Waals surface area contributed by atoms with Gasteiger partial charge in [-0.25, -0.2) is 0 Å². The van der Waals surface area contributed by atoms with Gasteiger partial charge in [0.2, 0.25) is 0 Å². The van der Waals surface area contributed by atoms with Crippen LogP contribution in [0.1, 0.15) is 26.2 Å². The summed E-state index contributed by atoms with van der Waals surface area (Å²) in [6, 6.07) is 3.75. The summed E-state index contributed by atoms with van der Waals surface area (Å²) in [5, 5.41) is 0. The van der Waals surface area contributed by atoms with E-state index in [-0.39, 0.29) is 0 Å². The smallest absolute Gasteiger partial charge is 0.318 e. The van der Waals surface area contributed by atoms with Gasteiger partial charge in [-0.2, -0.15) is 0 Å². The van der Waals surface area contributed by atoms with Gasteiger partial charge in [-0.3, -0.25) is 9.69 Å². The zero-order valence-corrected chi connectivity index (χ0v) is 7.92. The Labute approximate surface area is 78.8 Å². The average molecular weight is 179 g/mol. The molecular weight excluding hydrogens is 164 g/mol. The second kappa shape index (κ2) is 5.41. The van der Waals surface area contributed by atoms with E-state index >= 15 is 0 Å². The Hall–Kier alpha value is -1.25. The zero-order valence-electron chi connectivity index (χ0n) is 7.92. The lowest BCUT2D eigenvalue weighted by Crippen LogP contribution is -2.22. The predicted octanol–water partition coefficient (Wildman–Crippen LogP) is 2.08. The number of aromatic nitrogens is 1. The topological polar surface area (TPSA) is 36.1 Å². The molecule has 0 atom stereocenters. The van der Waals surface area contributed by atoms with E-state index in [9.17, 15) is 4.79 Å². The van der Waals surface area contributed by atoms with Gasteiger partial charge in [0, 0.05) is 12.7 Å². The van der Waals surface area contributed by atoms with E-state index in [1.807, 2.05) is 18.5 Å². The molecule has 1 amide bonds. The van der Waals surface area contributed by atoms with Crippen LogP contribution in [0.2, 0.25) is 0 Å². The summed E-state index contributed by atoms with van der Waals surface area (Å²) in [5.74, 6) is 0.825. The van der Waals surface area contributed by atoms with E-state index in [0.29, 0.717) is 0 Å². The maximum Gasteiger partial charge on any atom is 0.318 e. The molecule has 0 bridgehead atoms. The molecule has 1 radical (unpaired) electrons. The van der Waals surface area contributed by atoms with Gasteiger partial charge in [-0.1, -0.05) is 19.8 Å². The number of amides is 1. The van der Waals surface area contributed by atoms with Crippen LogP contribution in [0.4, 0.5) is 5.82 Å². The van der Waals surface area contributed by atoms with Crippen LogP contribution in [0.3, 0.4) is 0 Å². The minimum absolute atomic E-state index is 0.748. The van der Waals surface area contributed by atoms with E-state index < -0.39 is 0 Å². The van der Waals surface area contributed by atoms with Gasteiger partial charge in [0.25, 0.3) is 0 Å². The van der Waals surface area contributed by atoms with Crippen molar-refractivity contribution in [2.24, 2.45) is 0 Å². The summed E-state index contributed by atoms with van der Waals surface area (Å²) < 4.78 is 0. The summed E-state index contributed by atoms with van der Waals surface area (Å²) in [5.41, 5.74) is 0. The first-order valence-corrected chi connectivity index (χ1v) is 4.67. The molecule has 0 aliphatic heterocycles. The van der Waals surface area contributed by atoms with Crippen molar-refractivity contribution >= 4 is 12.2 Å². The minimum Gasteiger partial charge on any atom is -0.348 e. The molecule has 1 N–H and O–H groups in total. The summed E-state index contributed by atoms with van der Waals surface area (Å²) >= 11 is 0. The highest BCUT2D eigenvalue weighted by Crippen LogP contribution is 2.09. The van der Waals surface area contributed by atoms with Gasteiger partial charge in [0.15, 0.2) is 0 Å². The molecular formula is C10H15N2O. The van der Waals surface area contributed by atoms with E-state index in [0.717, 1.165) is 31.6 Å². The summed E-state index contributed by atoms with van der Waals surface area (Å²) in [7, 11) is 0. The van der Waals surface area contributed by atoms with Crippen molar-refractivity contribution in [1.29, 1.82) is 0 Å². The number of anilines is 1. The molecule has 1 rings (SSSR count). The molecule has 0 fully saturated rings. The number of H-pyrrole nitrogens is 1. The Morgan fingerprint density at radius 2 is 2.38 bits per heavy atom. The van der Waals surface area contributed by atoms with Crippen LogP contribution >= 0.6 is 0 Å². The average Bonchev–Trinajstić information content (AvgIpc) is 2.65. The first-order valence-electron chi connectivity index (χ1n) is 4.67. The van der Waals surface area contributed by atoms with Gasteiger partial charge in [0.05, 0.1) is 0 Å². The zero-order chi connectivity index (χ0) is 9.52. The number of nitrogens with one attached hydrogen (secondary N) is 1. The van der Waals surface area contributed by atoms with E-state index in [1.165, 1.54) is 0 Å². The van der Waals surface area contributed by atoms with Crippen molar-refractivity contribution in [3.8, 4) is 0 Å². The Balaban J connectivity index is 2.40. The molecule has 0 saturated carbocycles. The predicted molar refractivity (Wildman–Crippen MR) is 53.4 cm³/mol. The number of unbranched alkanes of at least 4 members (excludes halogenated alkanes) is 2. The molecule has 0 unspecified atom stereocenters. The van der Waals surface area contributed by atoms with Gasteiger partial charge < -0.3 is 4.98 Å². The van der Waals surface area contributed by atoms with Crippen molar-refractivity contribution in [1.82, 2.24) is 4.98 Å². The van der Waals surface area contributed by atoms with Crippen molar-refractivity contribution in [2.45, 2.75) is 26.2 Å². The first kappa shape index (κ1) is 9.84. The third-order valence-electron chi connectivity index (χ3n) is 1.97. The highest BCUT2D eigenvalue weighted by molar-refractivity contribution is 5.73. The fourth-order valence-corrected chi connectivity index (χ4v) is 1.22. The third-order valence-corrected chi connectivity index (χ3v) is 1.97. The standard InChI is InChI=1S/C10H15N2O/c1-2-3-4-8-12(9-13)10-6-5-7-11-10/h5-7,11H,2-4,8H2,1H3. The summed E-state index contributed by atoms with van der Waals surface area (Å²) in [6.07, 6.45) is 7.07. The number of aromatic amines is 1. The highest BCUT2D eigenvalue weighted by Gasteiger charge is 2.04. The first-order chi connectivity index (χ1) is 6.38. The van der Waals surface area contributed by atoms with Crippen LogP contribution in [0.25, 0.3) is 0 Å². The Bertz CT molecular complexity index is 231. The number of carbonyl (C=O) groups excluding carboxylic acids is 1. The van der Waals surface area contributed by atoms with Crippen LogP contribution in [0.5, 0.6) is 0 Å². The quantitative estimate of drug-likeness (QED) is 0.526. The molecule has 0 aliphatic rings. The normalized spacial score (nSPS) is 9.92. The summed E-state index contributed by atoms with van der Waals surface area (Å²) in [6.45, 7) is 2.89. The maximum absolute atomic E-state index is 10.6. The van der Waals surface area contributed by atoms with E-state index in [4.69, 9.17) is 0 Å². The van der Waals surface area contributed by atoms with Crippen LogP contribution in [0, 0.1) is 0 Å². The fourth-order valence-electron chi connectivity index (χ4n) is 1.22. The second-order valence-corrected chi connectivity index (χ2v) is 3.01. The molecule has 0 saturated heterocycles. The minimum atomic E-state index is 0.748. The Kier molecular flexibility index (Phi) is 4.09. The van der Waals surface area contributed by atoms with Crippen molar-refractivity contribution < 1.29 is 4.79 Å². The fraction of sp³-hybridized carbons (Fsp3) is 0.500. The molecule has 1 heterocycles. The highest BCUT2D eigenvalue weighted by atomic mass is 16.1. The van der Waals surface area contributed by atoms with Crippen molar-refractivity contribution in [2.75, 3.05) is 11.4 Å². The maximum atomic E-state index is 10.6. The molecule has 13 heavy (non-hydrogen) atoms. The number of hydrogen-bond donors (Lipinski definition) is 1. The molecule has 1 aromatic heterocycles. The SMILES string of the molecule is CCCCCN([C]=O)c1ccc[nH]1. The van der Waals surface area contributed by atoms with Crippen LogP contribution < -0.4 is 4.90 Å². The van der Waals surface area contributed by atoms with E-state index in [2.05, 4.69) is 11.9 Å². The van der Waals surface area contributed by atoms with Gasteiger partial charge in [0.1, 0.15) is 5.82 Å². The molecule has 3 nitrogen and oxygen atoms in total. The van der Waals surface area contributed by atoms with Gasteiger partial charge >= 0.3 is 6.41 Å². The molecule has 3 heteroatoms. The van der Waals surface area contributed by atoms with Gasteiger partial charge in [-0.05, 0) is 18.6 Å². The summed E-state index contributed by atoms with van der Waals surface area (Å²) in [4.78, 5) is 15.1. The van der Waals surface area contributed by atoms with Crippen LogP contribution in [0.15, 0.2) is 18.3 Å². The molecule has 1 aromatic rings. The lowest BCUT2D eigenvalue weighted by atomic mass is 10.2. The van der Waals surface area contributed by atoms with Crippen molar-refractivity contribution in [3.05, 3.63) is 18.3 Å². The van der Waals surface area contributed by atoms with Crippen molar-refractivity contribution in [3.63, 3.8) is 0 Å². The van der Waals surface area contributed by atoms with E-state index in [1.54, 1.807) is 11.1 Å². The number of rotatable bonds is 6. The number of nitrogens with zero attached hydrogens (tertiary/aromatic N) is 1. The Morgan fingerprint density at radius 1 is 1.54 bits per heavy atom. The number of hydrogen-bond acceptors (Lipinski definition) is 1. The largest absolute Gasteiger partial charge is 0.348 e. The molecule has 0 aromatic carbocycles. The van der Waals surface area contributed by atoms with Gasteiger partial charge in [-0.15, -0.1) is 0 Å². The second-order valence-electron chi connectivity index (χ2n) is 3.01. The molecule has 71 valence electrons. The van der Waals surface area contributed by atoms with Crippen LogP contribution in [-0.2, 0) is 4.79 Å². The lowest BCUT2D eigenvalue weighted by molar-refractivity contribution is 0.548. The molecule has 0 aliphatic carbocycles. The molecule has 0 spiro atoms. The Morgan fingerprint density at radius 3 is 2.92 bits per heavy atom. The third kappa shape index (κ3) is 2.93. The lowest BCUT2D eigenvalue weighted by Gasteiger charge is -2.13. The van der Waals surface area contributed by atoms with Crippen LogP contribution in [-0.4, -0.2) is 17.9 Å².